The number of methoxy groups -OCH3 is 1. The first-order chi connectivity index (χ1) is 10.0. The van der Waals surface area contributed by atoms with Crippen LogP contribution in [0.15, 0.2) is 11.2 Å². The normalized spacial score (nSPS) is 10.9. The predicted octanol–water partition coefficient (Wildman–Crippen LogP) is 3.13. The van der Waals surface area contributed by atoms with Crippen LogP contribution in [0, 0.1) is 13.8 Å². The van der Waals surface area contributed by atoms with Crippen molar-refractivity contribution in [3.63, 3.8) is 0 Å². The number of unbranched alkanes of at least 4 members (excludes halogenated alkanes) is 1. The molecule has 0 spiro atoms. The summed E-state index contributed by atoms with van der Waals surface area (Å²) in [7, 11) is 5.56. The zero-order valence-electron chi connectivity index (χ0n) is 14.6. The first-order valence-electron chi connectivity index (χ1n) is 7.45. The first kappa shape index (κ1) is 20.9. The van der Waals surface area contributed by atoms with Gasteiger partial charge in [-0.1, -0.05) is 13.3 Å². The van der Waals surface area contributed by atoms with E-state index in [-0.39, 0.29) is 24.0 Å². The van der Waals surface area contributed by atoms with Crippen molar-refractivity contribution in [2.24, 2.45) is 4.99 Å². The molecule has 126 valence electrons. The largest absolute Gasteiger partial charge is 0.496 e. The van der Waals surface area contributed by atoms with Crippen LogP contribution in [0.4, 0.5) is 0 Å². The Balaban J connectivity index is 0.00000441. The molecule has 6 heteroatoms. The molecule has 1 heterocycles. The van der Waals surface area contributed by atoms with Crippen molar-refractivity contribution in [2.75, 3.05) is 27.7 Å². The predicted molar refractivity (Wildman–Crippen MR) is 103 cm³/mol. The standard InChI is InChI=1S/C16H28N4O.HI/c1-7-8-9-20(5)16(17-4)19-11-14-13(3)15(21-6)12(2)10-18-14;/h10H,7-9,11H2,1-6H3,(H,17,19);1H. The van der Waals surface area contributed by atoms with Gasteiger partial charge in [0.15, 0.2) is 5.96 Å². The number of rotatable bonds is 6. The van der Waals surface area contributed by atoms with Gasteiger partial charge in [-0.2, -0.15) is 0 Å². The summed E-state index contributed by atoms with van der Waals surface area (Å²) in [6.07, 6.45) is 4.19. The molecule has 0 bridgehead atoms. The zero-order chi connectivity index (χ0) is 15.8. The van der Waals surface area contributed by atoms with Gasteiger partial charge in [0, 0.05) is 38.0 Å². The van der Waals surface area contributed by atoms with Gasteiger partial charge in [-0.05, 0) is 20.3 Å². The Hall–Kier alpha value is -1.05. The minimum absolute atomic E-state index is 0. The van der Waals surface area contributed by atoms with Crippen molar-refractivity contribution in [1.29, 1.82) is 0 Å². The number of pyridine rings is 1. The molecule has 0 fully saturated rings. The van der Waals surface area contributed by atoms with E-state index in [1.807, 2.05) is 20.0 Å². The van der Waals surface area contributed by atoms with Crippen molar-refractivity contribution in [2.45, 2.75) is 40.2 Å². The molecule has 0 saturated carbocycles. The zero-order valence-corrected chi connectivity index (χ0v) is 16.9. The van der Waals surface area contributed by atoms with Crippen molar-refractivity contribution in [1.82, 2.24) is 15.2 Å². The van der Waals surface area contributed by atoms with E-state index in [9.17, 15) is 0 Å². The molecule has 0 radical (unpaired) electrons. The number of aromatic nitrogens is 1. The molecule has 22 heavy (non-hydrogen) atoms. The number of guanidine groups is 1. The van der Waals surface area contributed by atoms with E-state index >= 15 is 0 Å². The van der Waals surface area contributed by atoms with Gasteiger partial charge in [-0.25, -0.2) is 0 Å². The average Bonchev–Trinajstić information content (AvgIpc) is 2.48. The molecule has 0 aliphatic carbocycles. The van der Waals surface area contributed by atoms with E-state index in [2.05, 4.69) is 34.2 Å². The third-order valence-corrected chi connectivity index (χ3v) is 3.58. The van der Waals surface area contributed by atoms with E-state index in [4.69, 9.17) is 4.74 Å². The highest BCUT2D eigenvalue weighted by Gasteiger charge is 2.11. The van der Waals surface area contributed by atoms with Crippen LogP contribution in [0.3, 0.4) is 0 Å². The molecule has 0 amide bonds. The third-order valence-electron chi connectivity index (χ3n) is 3.58. The fourth-order valence-electron chi connectivity index (χ4n) is 2.30. The number of halogens is 1. The average molecular weight is 420 g/mol. The molecule has 0 aliphatic heterocycles. The number of aliphatic imine (C=N–C) groups is 1. The molecule has 0 aliphatic rings. The number of hydrogen-bond donors (Lipinski definition) is 1. The Kier molecular flexibility index (Phi) is 10.1. The highest BCUT2D eigenvalue weighted by Crippen LogP contribution is 2.23. The number of nitrogens with one attached hydrogen (secondary N) is 1. The van der Waals surface area contributed by atoms with Gasteiger partial charge in [0.2, 0.25) is 0 Å². The summed E-state index contributed by atoms with van der Waals surface area (Å²) >= 11 is 0. The second-order valence-corrected chi connectivity index (χ2v) is 5.22. The lowest BCUT2D eigenvalue weighted by atomic mass is 10.1. The van der Waals surface area contributed by atoms with Crippen molar-refractivity contribution >= 4 is 29.9 Å². The van der Waals surface area contributed by atoms with E-state index < -0.39 is 0 Å². The fraction of sp³-hybridized carbons (Fsp3) is 0.625. The Morgan fingerprint density at radius 3 is 2.64 bits per heavy atom. The van der Waals surface area contributed by atoms with E-state index in [1.165, 1.54) is 6.42 Å². The monoisotopic (exact) mass is 420 g/mol. The second kappa shape index (κ2) is 10.6. The van der Waals surface area contributed by atoms with Crippen LogP contribution in [-0.2, 0) is 6.54 Å². The lowest BCUT2D eigenvalue weighted by Gasteiger charge is -2.22. The van der Waals surface area contributed by atoms with Crippen LogP contribution in [0.25, 0.3) is 0 Å². The van der Waals surface area contributed by atoms with Crippen LogP contribution < -0.4 is 10.1 Å². The smallest absolute Gasteiger partial charge is 0.193 e. The van der Waals surface area contributed by atoms with Crippen molar-refractivity contribution in [3.8, 4) is 5.75 Å². The quantitative estimate of drug-likeness (QED) is 0.437. The Morgan fingerprint density at radius 2 is 2.09 bits per heavy atom. The van der Waals surface area contributed by atoms with Gasteiger partial charge in [-0.3, -0.25) is 9.98 Å². The Bertz CT molecular complexity index is 491. The molecule has 0 aromatic carbocycles. The van der Waals surface area contributed by atoms with Gasteiger partial charge in [0.1, 0.15) is 5.75 Å². The number of aryl methyl sites for hydroxylation is 1. The Morgan fingerprint density at radius 1 is 1.41 bits per heavy atom. The molecule has 0 atom stereocenters. The van der Waals surface area contributed by atoms with Crippen LogP contribution >= 0.6 is 24.0 Å². The Labute approximate surface area is 151 Å². The summed E-state index contributed by atoms with van der Waals surface area (Å²) in [5.41, 5.74) is 3.13. The number of nitrogens with zero attached hydrogens (tertiary/aromatic N) is 3. The van der Waals surface area contributed by atoms with E-state index in [0.717, 1.165) is 41.5 Å². The van der Waals surface area contributed by atoms with Gasteiger partial charge in [0.25, 0.3) is 0 Å². The maximum atomic E-state index is 5.44. The fourth-order valence-corrected chi connectivity index (χ4v) is 2.30. The number of hydrogen-bond acceptors (Lipinski definition) is 3. The van der Waals surface area contributed by atoms with Gasteiger partial charge < -0.3 is 15.0 Å². The summed E-state index contributed by atoms with van der Waals surface area (Å²) in [5, 5.41) is 3.36. The van der Waals surface area contributed by atoms with E-state index in [0.29, 0.717) is 6.54 Å². The molecule has 0 saturated heterocycles. The minimum atomic E-state index is 0. The van der Waals surface area contributed by atoms with Crippen LogP contribution in [-0.4, -0.2) is 43.6 Å². The molecule has 1 N–H and O–H groups in total. The summed E-state index contributed by atoms with van der Waals surface area (Å²) < 4.78 is 5.44. The summed E-state index contributed by atoms with van der Waals surface area (Å²) in [5.74, 6) is 1.81. The maximum Gasteiger partial charge on any atom is 0.193 e. The second-order valence-electron chi connectivity index (χ2n) is 5.22. The third kappa shape index (κ3) is 5.62. The molecule has 0 unspecified atom stereocenters. The van der Waals surface area contributed by atoms with Crippen molar-refractivity contribution < 1.29 is 4.74 Å². The highest BCUT2D eigenvalue weighted by atomic mass is 127. The number of ether oxygens (including phenoxy) is 1. The minimum Gasteiger partial charge on any atom is -0.496 e. The topological polar surface area (TPSA) is 49.8 Å². The molecule has 1 rings (SSSR count). The molecule has 1 aromatic rings. The van der Waals surface area contributed by atoms with Crippen LogP contribution in [0.5, 0.6) is 5.75 Å². The first-order valence-corrected chi connectivity index (χ1v) is 7.45. The van der Waals surface area contributed by atoms with Crippen LogP contribution in [0.2, 0.25) is 0 Å². The summed E-state index contributed by atoms with van der Waals surface area (Å²) in [6.45, 7) is 7.88. The molecule has 5 nitrogen and oxygen atoms in total. The molecule has 1 aromatic heterocycles. The molecular weight excluding hydrogens is 391 g/mol. The summed E-state index contributed by atoms with van der Waals surface area (Å²) in [6, 6.07) is 0. The van der Waals surface area contributed by atoms with Gasteiger partial charge >= 0.3 is 0 Å². The van der Waals surface area contributed by atoms with Gasteiger partial charge in [0.05, 0.1) is 19.3 Å². The SMILES string of the molecule is CCCCN(C)C(=NC)NCc1ncc(C)c(OC)c1C.I. The van der Waals surface area contributed by atoms with E-state index in [1.54, 1.807) is 14.2 Å². The lowest BCUT2D eigenvalue weighted by molar-refractivity contribution is 0.406. The van der Waals surface area contributed by atoms with Crippen molar-refractivity contribution in [3.05, 3.63) is 23.0 Å². The highest BCUT2D eigenvalue weighted by molar-refractivity contribution is 14.0. The van der Waals surface area contributed by atoms with Gasteiger partial charge in [-0.15, -0.1) is 24.0 Å². The van der Waals surface area contributed by atoms with Crippen LogP contribution in [0.1, 0.15) is 36.6 Å². The summed E-state index contributed by atoms with van der Waals surface area (Å²) in [4.78, 5) is 11.0. The lowest BCUT2D eigenvalue weighted by Crippen LogP contribution is -2.39. The maximum absolute atomic E-state index is 5.44. The molecular formula is C16H29IN4O.